The standard InChI is InChI=1S/C11H16N2O3/c1-3-11(2,12)8-16-10-6-4-5-9(7-10)13(14)15/h4-7H,3,8,12H2,1-2H3. The van der Waals surface area contributed by atoms with Crippen LogP contribution in [0.2, 0.25) is 0 Å². The average molecular weight is 224 g/mol. The Balaban J connectivity index is 2.68. The van der Waals surface area contributed by atoms with Crippen LogP contribution in [-0.4, -0.2) is 17.1 Å². The first-order valence-electron chi connectivity index (χ1n) is 5.11. The van der Waals surface area contributed by atoms with Crippen LogP contribution >= 0.6 is 0 Å². The van der Waals surface area contributed by atoms with Crippen molar-refractivity contribution in [3.63, 3.8) is 0 Å². The molecule has 1 aromatic carbocycles. The molecule has 0 fully saturated rings. The van der Waals surface area contributed by atoms with Crippen LogP contribution in [0.3, 0.4) is 0 Å². The van der Waals surface area contributed by atoms with E-state index in [1.165, 1.54) is 12.1 Å². The van der Waals surface area contributed by atoms with E-state index in [2.05, 4.69) is 0 Å². The summed E-state index contributed by atoms with van der Waals surface area (Å²) in [5, 5.41) is 10.5. The SMILES string of the molecule is CCC(C)(N)COc1cccc([N+](=O)[O-])c1. The molecule has 1 atom stereocenters. The minimum atomic E-state index is -0.450. The fraction of sp³-hybridized carbons (Fsp3) is 0.455. The summed E-state index contributed by atoms with van der Waals surface area (Å²) in [4.78, 5) is 10.1. The molecular formula is C11H16N2O3. The summed E-state index contributed by atoms with van der Waals surface area (Å²) < 4.78 is 5.42. The van der Waals surface area contributed by atoms with Crippen molar-refractivity contribution in [1.29, 1.82) is 0 Å². The fourth-order valence-corrected chi connectivity index (χ4v) is 1.04. The quantitative estimate of drug-likeness (QED) is 0.613. The van der Waals surface area contributed by atoms with Gasteiger partial charge in [0.2, 0.25) is 0 Å². The second-order valence-electron chi connectivity index (χ2n) is 4.05. The van der Waals surface area contributed by atoms with Gasteiger partial charge in [0.25, 0.3) is 5.69 Å². The van der Waals surface area contributed by atoms with Gasteiger partial charge in [0.15, 0.2) is 0 Å². The molecule has 0 amide bonds. The highest BCUT2D eigenvalue weighted by atomic mass is 16.6. The average Bonchev–Trinajstić information content (AvgIpc) is 2.27. The maximum atomic E-state index is 10.5. The van der Waals surface area contributed by atoms with E-state index in [0.717, 1.165) is 6.42 Å². The Morgan fingerprint density at radius 1 is 1.56 bits per heavy atom. The summed E-state index contributed by atoms with van der Waals surface area (Å²) >= 11 is 0. The van der Waals surface area contributed by atoms with Gasteiger partial charge < -0.3 is 10.5 Å². The smallest absolute Gasteiger partial charge is 0.273 e. The van der Waals surface area contributed by atoms with Crippen molar-refractivity contribution in [2.24, 2.45) is 5.73 Å². The minimum Gasteiger partial charge on any atom is -0.491 e. The number of nitro groups is 1. The summed E-state index contributed by atoms with van der Waals surface area (Å²) in [6.45, 7) is 4.19. The van der Waals surface area contributed by atoms with E-state index < -0.39 is 10.5 Å². The number of ether oxygens (including phenoxy) is 1. The van der Waals surface area contributed by atoms with Gasteiger partial charge in [-0.15, -0.1) is 0 Å². The summed E-state index contributed by atoms with van der Waals surface area (Å²) in [6.07, 6.45) is 0.780. The minimum absolute atomic E-state index is 0.0210. The van der Waals surface area contributed by atoms with E-state index in [4.69, 9.17) is 10.5 Å². The topological polar surface area (TPSA) is 78.4 Å². The van der Waals surface area contributed by atoms with Gasteiger partial charge in [-0.25, -0.2) is 0 Å². The van der Waals surface area contributed by atoms with Gasteiger partial charge in [-0.3, -0.25) is 10.1 Å². The molecule has 0 aliphatic heterocycles. The molecule has 0 aromatic heterocycles. The molecule has 16 heavy (non-hydrogen) atoms. The molecule has 0 radical (unpaired) electrons. The van der Waals surface area contributed by atoms with E-state index in [1.54, 1.807) is 12.1 Å². The predicted molar refractivity (Wildman–Crippen MR) is 61.5 cm³/mol. The van der Waals surface area contributed by atoms with E-state index in [9.17, 15) is 10.1 Å². The molecule has 88 valence electrons. The number of non-ortho nitro benzene ring substituents is 1. The molecular weight excluding hydrogens is 208 g/mol. The van der Waals surface area contributed by atoms with Crippen LogP contribution in [0, 0.1) is 10.1 Å². The van der Waals surface area contributed by atoms with Crippen molar-refractivity contribution in [3.8, 4) is 5.75 Å². The number of hydrogen-bond acceptors (Lipinski definition) is 4. The summed E-state index contributed by atoms with van der Waals surface area (Å²) in [5.74, 6) is 0.472. The second-order valence-corrected chi connectivity index (χ2v) is 4.05. The van der Waals surface area contributed by atoms with Crippen molar-refractivity contribution in [2.75, 3.05) is 6.61 Å². The Bertz CT molecular complexity index is 377. The Kier molecular flexibility index (Phi) is 3.84. The number of nitrogens with zero attached hydrogens (tertiary/aromatic N) is 1. The van der Waals surface area contributed by atoms with Gasteiger partial charge in [0, 0.05) is 11.6 Å². The van der Waals surface area contributed by atoms with Crippen LogP contribution in [-0.2, 0) is 0 Å². The summed E-state index contributed by atoms with van der Waals surface area (Å²) in [5.41, 5.74) is 5.51. The molecule has 5 nitrogen and oxygen atoms in total. The zero-order chi connectivity index (χ0) is 12.2. The zero-order valence-electron chi connectivity index (χ0n) is 9.47. The lowest BCUT2D eigenvalue weighted by molar-refractivity contribution is -0.384. The van der Waals surface area contributed by atoms with Crippen molar-refractivity contribution in [3.05, 3.63) is 34.4 Å². The maximum absolute atomic E-state index is 10.5. The predicted octanol–water partition coefficient (Wildman–Crippen LogP) is 2.10. The molecule has 0 aliphatic carbocycles. The van der Waals surface area contributed by atoms with Gasteiger partial charge in [-0.1, -0.05) is 13.0 Å². The monoisotopic (exact) mass is 224 g/mol. The van der Waals surface area contributed by atoms with E-state index in [1.807, 2.05) is 13.8 Å². The molecule has 1 aromatic rings. The van der Waals surface area contributed by atoms with Crippen LogP contribution in [0.25, 0.3) is 0 Å². The number of benzene rings is 1. The number of rotatable bonds is 5. The lowest BCUT2D eigenvalue weighted by Crippen LogP contribution is -2.41. The van der Waals surface area contributed by atoms with Crippen LogP contribution in [0.1, 0.15) is 20.3 Å². The third-order valence-corrected chi connectivity index (χ3v) is 2.40. The summed E-state index contributed by atoms with van der Waals surface area (Å²) in [6, 6.07) is 6.09. The maximum Gasteiger partial charge on any atom is 0.273 e. The highest BCUT2D eigenvalue weighted by molar-refractivity contribution is 5.37. The molecule has 0 saturated carbocycles. The third-order valence-electron chi connectivity index (χ3n) is 2.40. The highest BCUT2D eigenvalue weighted by Crippen LogP contribution is 2.20. The van der Waals surface area contributed by atoms with Crippen molar-refractivity contribution in [2.45, 2.75) is 25.8 Å². The molecule has 0 spiro atoms. The van der Waals surface area contributed by atoms with Crippen LogP contribution in [0.4, 0.5) is 5.69 Å². The molecule has 0 heterocycles. The first-order valence-corrected chi connectivity index (χ1v) is 5.11. The van der Waals surface area contributed by atoms with Gasteiger partial charge in [0.1, 0.15) is 12.4 Å². The Labute approximate surface area is 94.4 Å². The molecule has 2 N–H and O–H groups in total. The van der Waals surface area contributed by atoms with Crippen molar-refractivity contribution in [1.82, 2.24) is 0 Å². The van der Waals surface area contributed by atoms with Gasteiger partial charge in [-0.05, 0) is 19.4 Å². The zero-order valence-corrected chi connectivity index (χ0v) is 9.47. The molecule has 1 rings (SSSR count). The molecule has 0 bridgehead atoms. The number of nitrogens with two attached hydrogens (primary N) is 1. The number of nitro benzene ring substituents is 1. The van der Waals surface area contributed by atoms with Crippen molar-refractivity contribution >= 4 is 5.69 Å². The second kappa shape index (κ2) is 4.94. The van der Waals surface area contributed by atoms with E-state index in [0.29, 0.717) is 12.4 Å². The van der Waals surface area contributed by atoms with Gasteiger partial charge in [0.05, 0.1) is 11.0 Å². The normalized spacial score (nSPS) is 14.2. The molecule has 0 saturated heterocycles. The molecule has 0 aliphatic rings. The Hall–Kier alpha value is -1.62. The first-order chi connectivity index (χ1) is 7.44. The largest absolute Gasteiger partial charge is 0.491 e. The van der Waals surface area contributed by atoms with E-state index in [-0.39, 0.29) is 5.69 Å². The van der Waals surface area contributed by atoms with Crippen LogP contribution in [0.5, 0.6) is 5.75 Å². The van der Waals surface area contributed by atoms with Crippen molar-refractivity contribution < 1.29 is 9.66 Å². The number of hydrogen-bond donors (Lipinski definition) is 1. The summed E-state index contributed by atoms with van der Waals surface area (Å²) in [7, 11) is 0. The fourth-order valence-electron chi connectivity index (χ4n) is 1.04. The molecule has 5 heteroatoms. The Morgan fingerprint density at radius 3 is 2.81 bits per heavy atom. The highest BCUT2D eigenvalue weighted by Gasteiger charge is 2.17. The Morgan fingerprint density at radius 2 is 2.25 bits per heavy atom. The van der Waals surface area contributed by atoms with Gasteiger partial charge >= 0.3 is 0 Å². The van der Waals surface area contributed by atoms with Gasteiger partial charge in [-0.2, -0.15) is 0 Å². The lowest BCUT2D eigenvalue weighted by Gasteiger charge is -2.22. The van der Waals surface area contributed by atoms with E-state index >= 15 is 0 Å². The van der Waals surface area contributed by atoms with Crippen LogP contribution in [0.15, 0.2) is 24.3 Å². The first kappa shape index (κ1) is 12.4. The molecule has 1 unspecified atom stereocenters. The van der Waals surface area contributed by atoms with Crippen LogP contribution < -0.4 is 10.5 Å². The third kappa shape index (κ3) is 3.51. The lowest BCUT2D eigenvalue weighted by atomic mass is 10.0.